The van der Waals surface area contributed by atoms with Crippen LogP contribution in [-0.4, -0.2) is 0 Å². The van der Waals surface area contributed by atoms with Gasteiger partial charge in [0, 0.05) is 0 Å². The van der Waals surface area contributed by atoms with Gasteiger partial charge in [-0.3, -0.25) is 0 Å². The van der Waals surface area contributed by atoms with Gasteiger partial charge in [-0.2, -0.15) is 0 Å². The molecule has 1 heteroatoms. The molecule has 0 bridgehead atoms. The summed E-state index contributed by atoms with van der Waals surface area (Å²) in [5.41, 5.74) is 11.0. The molecule has 0 radical (unpaired) electrons. The summed E-state index contributed by atoms with van der Waals surface area (Å²) in [5, 5.41) is 0. The number of hydrogen-bond acceptors (Lipinski definition) is 0. The fourth-order valence-electron chi connectivity index (χ4n) is 5.42. The first-order valence-electron chi connectivity index (χ1n) is 10.7. The second-order valence-electron chi connectivity index (χ2n) is 9.15. The van der Waals surface area contributed by atoms with Gasteiger partial charge in [0.1, 0.15) is 0 Å². The average molecular weight is 414 g/mol. The van der Waals surface area contributed by atoms with E-state index in [1.807, 2.05) is 22.3 Å². The molecule has 0 aromatic rings. The van der Waals surface area contributed by atoms with Crippen LogP contribution in [0.4, 0.5) is 0 Å². The van der Waals surface area contributed by atoms with Crippen LogP contribution in [0.5, 0.6) is 0 Å². The molecular formula is C24H34Zr. The molecule has 25 heavy (non-hydrogen) atoms. The molecule has 4 aliphatic rings. The first kappa shape index (κ1) is 18.2. The van der Waals surface area contributed by atoms with E-state index in [1.54, 1.807) is 11.1 Å². The average Bonchev–Trinajstić information content (AvgIpc) is 3.15. The number of allylic oxidation sites excluding steroid dienone is 8. The topological polar surface area (TPSA) is 0 Å². The predicted molar refractivity (Wildman–Crippen MR) is 104 cm³/mol. The Balaban J connectivity index is 1.65. The van der Waals surface area contributed by atoms with Gasteiger partial charge in [0.25, 0.3) is 0 Å². The van der Waals surface area contributed by atoms with E-state index in [2.05, 4.69) is 39.8 Å². The maximum absolute atomic E-state index is 2.66. The quantitative estimate of drug-likeness (QED) is 0.445. The zero-order chi connectivity index (χ0) is 17.6. The van der Waals surface area contributed by atoms with Crippen LogP contribution >= 0.6 is 0 Å². The van der Waals surface area contributed by atoms with Crippen LogP contribution in [0.3, 0.4) is 0 Å². The van der Waals surface area contributed by atoms with Gasteiger partial charge >= 0.3 is 167 Å². The first-order chi connectivity index (χ1) is 12.1. The Morgan fingerprint density at radius 1 is 0.680 bits per heavy atom. The van der Waals surface area contributed by atoms with Crippen molar-refractivity contribution < 1.29 is 23.2 Å². The summed E-state index contributed by atoms with van der Waals surface area (Å²) in [7, 11) is 0. The zero-order valence-corrected chi connectivity index (χ0v) is 19.1. The van der Waals surface area contributed by atoms with Crippen LogP contribution < -0.4 is 0 Å². The van der Waals surface area contributed by atoms with E-state index < -0.39 is 23.2 Å². The summed E-state index contributed by atoms with van der Waals surface area (Å²) in [5.74, 6) is 1.48. The molecule has 2 unspecified atom stereocenters. The normalized spacial score (nSPS) is 29.2. The van der Waals surface area contributed by atoms with Crippen molar-refractivity contribution in [2.75, 3.05) is 0 Å². The third-order valence-corrected chi connectivity index (χ3v) is 11.8. The Labute approximate surface area is 166 Å². The van der Waals surface area contributed by atoms with Crippen molar-refractivity contribution in [3.63, 3.8) is 0 Å². The monoisotopic (exact) mass is 412 g/mol. The van der Waals surface area contributed by atoms with E-state index in [-0.39, 0.29) is 0 Å². The van der Waals surface area contributed by atoms with Gasteiger partial charge in [-0.05, 0) is 0 Å². The Morgan fingerprint density at radius 2 is 1.08 bits per heavy atom. The summed E-state index contributed by atoms with van der Waals surface area (Å²) < 4.78 is 1.83. The van der Waals surface area contributed by atoms with Gasteiger partial charge in [0.15, 0.2) is 0 Å². The Bertz CT molecular complexity index is 610. The molecule has 0 spiro atoms. The summed E-state index contributed by atoms with van der Waals surface area (Å²) in [6.07, 6.45) is 16.6. The molecule has 0 saturated heterocycles. The molecule has 4 rings (SSSR count). The molecule has 0 nitrogen and oxygen atoms in total. The molecule has 4 aliphatic carbocycles. The van der Waals surface area contributed by atoms with Crippen LogP contribution in [0.15, 0.2) is 45.6 Å². The molecule has 0 saturated carbocycles. The van der Waals surface area contributed by atoms with Gasteiger partial charge in [-0.25, -0.2) is 0 Å². The van der Waals surface area contributed by atoms with Crippen LogP contribution in [0.25, 0.3) is 0 Å². The van der Waals surface area contributed by atoms with Crippen molar-refractivity contribution in [3.05, 3.63) is 45.6 Å². The molecule has 134 valence electrons. The summed E-state index contributed by atoms with van der Waals surface area (Å²) in [4.78, 5) is 0. The molecule has 0 heterocycles. The maximum atomic E-state index is 2.66. The first-order valence-corrected chi connectivity index (χ1v) is 13.5. The second kappa shape index (κ2) is 7.46. The van der Waals surface area contributed by atoms with Gasteiger partial charge in [0.05, 0.1) is 0 Å². The number of rotatable bonds is 4. The summed E-state index contributed by atoms with van der Waals surface area (Å²) in [6.45, 7) is 9.76. The van der Waals surface area contributed by atoms with Gasteiger partial charge in [-0.1, -0.05) is 0 Å². The fourth-order valence-corrected chi connectivity index (χ4v) is 11.8. The molecular weight excluding hydrogens is 379 g/mol. The Morgan fingerprint density at radius 3 is 1.48 bits per heavy atom. The van der Waals surface area contributed by atoms with E-state index >= 15 is 0 Å². The van der Waals surface area contributed by atoms with Crippen LogP contribution in [0.1, 0.15) is 79.1 Å². The Kier molecular flexibility index (Phi) is 5.43. The fraction of sp³-hybridized carbons (Fsp3) is 0.667. The molecule has 0 aliphatic heterocycles. The van der Waals surface area contributed by atoms with E-state index in [4.69, 9.17) is 0 Å². The van der Waals surface area contributed by atoms with Crippen molar-refractivity contribution in [2.45, 2.75) is 86.3 Å². The van der Waals surface area contributed by atoms with Crippen LogP contribution in [0, 0.1) is 11.8 Å². The number of hydrogen-bond donors (Lipinski definition) is 0. The van der Waals surface area contributed by atoms with Crippen molar-refractivity contribution in [2.24, 2.45) is 11.8 Å². The predicted octanol–water partition coefficient (Wildman–Crippen LogP) is 7.58. The molecule has 0 aromatic carbocycles. The third-order valence-electron chi connectivity index (χ3n) is 6.82. The summed E-state index contributed by atoms with van der Waals surface area (Å²) >= 11 is -0.551. The van der Waals surface area contributed by atoms with Gasteiger partial charge in [-0.15, -0.1) is 0 Å². The van der Waals surface area contributed by atoms with Crippen molar-refractivity contribution in [1.29, 1.82) is 0 Å². The SMILES string of the molecule is CC(C)C1=CC2=C(CCCC2)[CH]1[Zr][CH]1C(C(C)C)=CC2=C1CCCC2. The minimum atomic E-state index is -0.551. The van der Waals surface area contributed by atoms with Crippen LogP contribution in [0.2, 0.25) is 7.25 Å². The van der Waals surface area contributed by atoms with Gasteiger partial charge < -0.3 is 0 Å². The molecule has 0 N–H and O–H groups in total. The summed E-state index contributed by atoms with van der Waals surface area (Å²) in [6, 6.07) is 0. The molecule has 0 fully saturated rings. The second-order valence-corrected chi connectivity index (χ2v) is 12.8. The zero-order valence-electron chi connectivity index (χ0n) is 16.6. The van der Waals surface area contributed by atoms with Crippen molar-refractivity contribution in [1.82, 2.24) is 0 Å². The standard InChI is InChI=1S/2C12H17.Zr/c2*1-9(2)12-7-10-5-3-4-6-11(10)8-12;/h2*7-9H,3-6H2,1-2H3;. The van der Waals surface area contributed by atoms with Crippen LogP contribution in [-0.2, 0) is 23.2 Å². The Hall–Kier alpha value is -0.157. The molecule has 2 atom stereocenters. The van der Waals surface area contributed by atoms with Crippen molar-refractivity contribution in [3.8, 4) is 0 Å². The van der Waals surface area contributed by atoms with E-state index in [0.717, 1.165) is 19.1 Å². The molecule has 0 aromatic heterocycles. The van der Waals surface area contributed by atoms with E-state index in [0.29, 0.717) is 0 Å². The van der Waals surface area contributed by atoms with Crippen molar-refractivity contribution >= 4 is 0 Å². The van der Waals surface area contributed by atoms with E-state index in [1.165, 1.54) is 51.4 Å². The molecule has 0 amide bonds. The van der Waals surface area contributed by atoms with E-state index in [9.17, 15) is 0 Å². The van der Waals surface area contributed by atoms with Gasteiger partial charge in [0.2, 0.25) is 0 Å². The minimum absolute atomic E-state index is 0.551. The third kappa shape index (κ3) is 3.40.